The molecule has 1 heterocycles. The number of anilines is 2. The Morgan fingerprint density at radius 3 is 2.10 bits per heavy atom. The highest BCUT2D eigenvalue weighted by molar-refractivity contribution is 5.90. The van der Waals surface area contributed by atoms with Gasteiger partial charge in [-0.05, 0) is 43.3 Å². The van der Waals surface area contributed by atoms with E-state index in [0.717, 1.165) is 30.3 Å². The summed E-state index contributed by atoms with van der Waals surface area (Å²) in [6.07, 6.45) is 0. The third-order valence-electron chi connectivity index (χ3n) is 4.29. The predicted molar refractivity (Wildman–Crippen MR) is 122 cm³/mol. The molecule has 152 valence electrons. The van der Waals surface area contributed by atoms with Crippen molar-refractivity contribution in [3.8, 4) is 11.5 Å². The second-order valence-electron chi connectivity index (χ2n) is 6.53. The molecule has 0 amide bonds. The lowest BCUT2D eigenvalue weighted by molar-refractivity contribution is 0.475. The molecule has 0 bridgehead atoms. The van der Waals surface area contributed by atoms with E-state index in [1.54, 1.807) is 36.4 Å². The van der Waals surface area contributed by atoms with Gasteiger partial charge in [0.05, 0.1) is 13.1 Å². The summed E-state index contributed by atoms with van der Waals surface area (Å²) in [5, 5.41) is 21.7. The summed E-state index contributed by atoms with van der Waals surface area (Å²) in [5.74, 6) is 1.58. The SMILES string of the molecule is Cc1ccc(N(CC2=NCCN2)c2cccc(O)c2)cc1.Cl.Oc1ccccc1. The number of aryl methyl sites for hydroxylation is 1. The summed E-state index contributed by atoms with van der Waals surface area (Å²) in [5.41, 5.74) is 3.27. The van der Waals surface area contributed by atoms with Crippen molar-refractivity contribution in [2.75, 3.05) is 24.5 Å². The fourth-order valence-corrected chi connectivity index (χ4v) is 2.85. The number of benzene rings is 3. The van der Waals surface area contributed by atoms with Gasteiger partial charge in [-0.15, -0.1) is 12.4 Å². The molecule has 4 rings (SSSR count). The van der Waals surface area contributed by atoms with Crippen LogP contribution in [0.3, 0.4) is 0 Å². The molecular weight excluding hydrogens is 386 g/mol. The lowest BCUT2D eigenvalue weighted by Gasteiger charge is -2.25. The van der Waals surface area contributed by atoms with E-state index in [1.807, 2.05) is 18.2 Å². The van der Waals surface area contributed by atoms with Crippen LogP contribution >= 0.6 is 12.4 Å². The fourth-order valence-electron chi connectivity index (χ4n) is 2.85. The molecule has 6 heteroatoms. The van der Waals surface area contributed by atoms with Gasteiger partial charge in [-0.25, -0.2) is 0 Å². The zero-order chi connectivity index (χ0) is 19.8. The number of phenolic OH excluding ortho intramolecular Hbond substituents is 2. The molecule has 0 aromatic heterocycles. The van der Waals surface area contributed by atoms with E-state index in [9.17, 15) is 5.11 Å². The monoisotopic (exact) mass is 411 g/mol. The van der Waals surface area contributed by atoms with Crippen LogP contribution in [0.2, 0.25) is 0 Å². The number of hydrogen-bond acceptors (Lipinski definition) is 5. The van der Waals surface area contributed by atoms with Crippen LogP contribution in [-0.2, 0) is 0 Å². The van der Waals surface area contributed by atoms with E-state index in [1.165, 1.54) is 5.56 Å². The normalized spacial score (nSPS) is 12.0. The van der Waals surface area contributed by atoms with Crippen molar-refractivity contribution in [3.63, 3.8) is 0 Å². The Labute approximate surface area is 177 Å². The molecule has 1 aliphatic rings. The summed E-state index contributed by atoms with van der Waals surface area (Å²) in [4.78, 5) is 6.62. The first-order chi connectivity index (χ1) is 13.6. The quantitative estimate of drug-likeness (QED) is 0.584. The first-order valence-electron chi connectivity index (χ1n) is 9.26. The van der Waals surface area contributed by atoms with Gasteiger partial charge in [0.15, 0.2) is 0 Å². The van der Waals surface area contributed by atoms with Crippen molar-refractivity contribution in [2.24, 2.45) is 4.99 Å². The minimum absolute atomic E-state index is 0. The van der Waals surface area contributed by atoms with Crippen molar-refractivity contribution in [1.82, 2.24) is 5.32 Å². The molecule has 0 saturated heterocycles. The van der Waals surface area contributed by atoms with Crippen molar-refractivity contribution in [1.29, 1.82) is 0 Å². The molecule has 0 fully saturated rings. The molecule has 5 nitrogen and oxygen atoms in total. The number of nitrogens with zero attached hydrogens (tertiary/aromatic N) is 2. The third-order valence-corrected chi connectivity index (χ3v) is 4.29. The Kier molecular flexibility index (Phi) is 8.37. The van der Waals surface area contributed by atoms with E-state index in [0.29, 0.717) is 12.3 Å². The average molecular weight is 412 g/mol. The van der Waals surface area contributed by atoms with Gasteiger partial charge in [0.25, 0.3) is 0 Å². The smallest absolute Gasteiger partial charge is 0.117 e. The Morgan fingerprint density at radius 2 is 1.55 bits per heavy atom. The Balaban J connectivity index is 0.000000319. The van der Waals surface area contributed by atoms with Crippen molar-refractivity contribution in [3.05, 3.63) is 84.4 Å². The van der Waals surface area contributed by atoms with E-state index in [4.69, 9.17) is 5.11 Å². The van der Waals surface area contributed by atoms with Crippen LogP contribution in [0.4, 0.5) is 11.4 Å². The molecular formula is C23H26ClN3O2. The zero-order valence-electron chi connectivity index (χ0n) is 16.3. The first kappa shape index (κ1) is 22.1. The number of aliphatic imine (C=N–C) groups is 1. The maximum Gasteiger partial charge on any atom is 0.117 e. The molecule has 0 unspecified atom stereocenters. The van der Waals surface area contributed by atoms with Crippen LogP contribution in [0.5, 0.6) is 11.5 Å². The van der Waals surface area contributed by atoms with Crippen LogP contribution in [-0.4, -0.2) is 35.7 Å². The lowest BCUT2D eigenvalue weighted by atomic mass is 10.2. The van der Waals surface area contributed by atoms with Gasteiger partial charge >= 0.3 is 0 Å². The Bertz CT molecular complexity index is 915. The van der Waals surface area contributed by atoms with Gasteiger partial charge in [-0.2, -0.15) is 0 Å². The number of hydrogen-bond donors (Lipinski definition) is 3. The number of rotatable bonds is 4. The topological polar surface area (TPSA) is 68.1 Å². The van der Waals surface area contributed by atoms with Gasteiger partial charge in [-0.3, -0.25) is 4.99 Å². The minimum atomic E-state index is 0. The van der Waals surface area contributed by atoms with E-state index < -0.39 is 0 Å². The zero-order valence-corrected chi connectivity index (χ0v) is 17.1. The summed E-state index contributed by atoms with van der Waals surface area (Å²) >= 11 is 0. The largest absolute Gasteiger partial charge is 0.508 e. The Hall–Kier alpha value is -3.18. The minimum Gasteiger partial charge on any atom is -0.508 e. The van der Waals surface area contributed by atoms with Gasteiger partial charge in [0.2, 0.25) is 0 Å². The summed E-state index contributed by atoms with van der Waals surface area (Å²) in [6, 6.07) is 24.4. The van der Waals surface area contributed by atoms with Crippen molar-refractivity contribution >= 4 is 29.6 Å². The number of amidine groups is 1. The van der Waals surface area contributed by atoms with Gasteiger partial charge in [0.1, 0.15) is 17.3 Å². The maximum atomic E-state index is 9.74. The van der Waals surface area contributed by atoms with Crippen molar-refractivity contribution < 1.29 is 10.2 Å². The molecule has 29 heavy (non-hydrogen) atoms. The van der Waals surface area contributed by atoms with Crippen LogP contribution < -0.4 is 10.2 Å². The van der Waals surface area contributed by atoms with Crippen LogP contribution in [0.1, 0.15) is 5.56 Å². The van der Waals surface area contributed by atoms with Crippen LogP contribution in [0.15, 0.2) is 83.9 Å². The van der Waals surface area contributed by atoms with Crippen LogP contribution in [0, 0.1) is 6.92 Å². The van der Waals surface area contributed by atoms with E-state index in [-0.39, 0.29) is 18.2 Å². The number of aromatic hydroxyl groups is 2. The molecule has 0 radical (unpaired) electrons. The average Bonchev–Trinajstić information content (AvgIpc) is 3.21. The van der Waals surface area contributed by atoms with E-state index in [2.05, 4.69) is 46.4 Å². The number of para-hydroxylation sites is 1. The van der Waals surface area contributed by atoms with Crippen molar-refractivity contribution in [2.45, 2.75) is 6.92 Å². The molecule has 0 aliphatic carbocycles. The maximum absolute atomic E-state index is 9.74. The van der Waals surface area contributed by atoms with Gasteiger partial charge < -0.3 is 20.4 Å². The third kappa shape index (κ3) is 6.73. The number of halogens is 1. The number of phenols is 2. The lowest BCUT2D eigenvalue weighted by Crippen LogP contribution is -2.32. The molecule has 3 aromatic carbocycles. The summed E-state index contributed by atoms with van der Waals surface area (Å²) in [6.45, 7) is 4.48. The fraction of sp³-hybridized carbons (Fsp3) is 0.174. The summed E-state index contributed by atoms with van der Waals surface area (Å²) < 4.78 is 0. The highest BCUT2D eigenvalue weighted by Crippen LogP contribution is 2.28. The molecule has 0 atom stereocenters. The standard InChI is InChI=1S/C17H19N3O.C6H6O.ClH/c1-13-5-7-14(8-6-13)20(12-17-18-9-10-19-17)15-3-2-4-16(21)11-15;7-6-4-2-1-3-5-6;/h2-8,11,21H,9-10,12H2,1H3,(H,18,19);1-5,7H;1H. The number of nitrogens with one attached hydrogen (secondary N) is 1. The molecule has 3 N–H and O–H groups in total. The Morgan fingerprint density at radius 1 is 0.862 bits per heavy atom. The second kappa shape index (κ2) is 11.0. The molecule has 0 saturated carbocycles. The second-order valence-corrected chi connectivity index (χ2v) is 6.53. The predicted octanol–water partition coefficient (Wildman–Crippen LogP) is 4.65. The van der Waals surface area contributed by atoms with Crippen LogP contribution in [0.25, 0.3) is 0 Å². The highest BCUT2D eigenvalue weighted by atomic mass is 35.5. The molecule has 1 aliphatic heterocycles. The van der Waals surface area contributed by atoms with Gasteiger partial charge in [-0.1, -0.05) is 42.0 Å². The molecule has 3 aromatic rings. The highest BCUT2D eigenvalue weighted by Gasteiger charge is 2.15. The first-order valence-corrected chi connectivity index (χ1v) is 9.26. The summed E-state index contributed by atoms with van der Waals surface area (Å²) in [7, 11) is 0. The van der Waals surface area contributed by atoms with E-state index >= 15 is 0 Å². The van der Waals surface area contributed by atoms with Gasteiger partial charge in [0, 0.05) is 24.0 Å². The molecule has 0 spiro atoms.